The lowest BCUT2D eigenvalue weighted by molar-refractivity contribution is -0.858. The van der Waals surface area contributed by atoms with E-state index < -0.39 is 6.04 Å². The van der Waals surface area contributed by atoms with Crippen molar-refractivity contribution in [2.75, 3.05) is 27.2 Å². The Bertz CT molecular complexity index is 817. The molecule has 0 radical (unpaired) electrons. The largest absolute Gasteiger partial charge is 0.463 e. The van der Waals surface area contributed by atoms with Crippen LogP contribution in [-0.2, 0) is 19.1 Å². The third-order valence-corrected chi connectivity index (χ3v) is 11.2. The summed E-state index contributed by atoms with van der Waals surface area (Å²) in [5, 5.41) is 2.92. The van der Waals surface area contributed by atoms with E-state index in [9.17, 15) is 14.4 Å². The Hall–Kier alpha value is -1.43. The molecule has 0 bridgehead atoms. The van der Waals surface area contributed by atoms with Gasteiger partial charge in [0.15, 0.2) is 5.78 Å². The lowest BCUT2D eigenvalue weighted by atomic mass is 10.0. The molecule has 0 spiro atoms. The van der Waals surface area contributed by atoms with Crippen LogP contribution in [0.25, 0.3) is 0 Å². The summed E-state index contributed by atoms with van der Waals surface area (Å²) in [5.41, 5.74) is 0. The molecule has 0 aliphatic rings. The molecule has 0 aliphatic heterocycles. The zero-order valence-electron chi connectivity index (χ0n) is 37.0. The van der Waals surface area contributed by atoms with Crippen molar-refractivity contribution in [1.29, 1.82) is 0 Å². The van der Waals surface area contributed by atoms with Gasteiger partial charge in [-0.05, 0) is 25.7 Å². The SMILES string of the molecule is CCCCCCCCCCCCCCCCCCCC(=O)C(COC(=O)CCCCCCCCCCCCCCCCCC)NC(=O)CCCC[NH+](C)C. The Morgan fingerprint density at radius 2 is 0.741 bits per heavy atom. The minimum Gasteiger partial charge on any atom is -0.463 e. The summed E-state index contributed by atoms with van der Waals surface area (Å²) in [4.78, 5) is 39.8. The number of ether oxygens (including phenoxy) is 1. The highest BCUT2D eigenvalue weighted by molar-refractivity contribution is 5.89. The van der Waals surface area contributed by atoms with Crippen LogP contribution in [0.4, 0.5) is 0 Å². The Labute approximate surface area is 337 Å². The van der Waals surface area contributed by atoms with Crippen LogP contribution in [0.3, 0.4) is 0 Å². The number of hydrogen-bond acceptors (Lipinski definition) is 4. The second-order valence-corrected chi connectivity index (χ2v) is 17.1. The van der Waals surface area contributed by atoms with Crippen molar-refractivity contribution >= 4 is 17.7 Å². The molecular weight excluding hydrogens is 669 g/mol. The maximum atomic E-state index is 13.2. The third-order valence-electron chi connectivity index (χ3n) is 11.2. The zero-order valence-corrected chi connectivity index (χ0v) is 37.0. The van der Waals surface area contributed by atoms with Crippen LogP contribution in [-0.4, -0.2) is 50.9 Å². The molecule has 0 aliphatic carbocycles. The number of hydrogen-bond donors (Lipinski definition) is 2. The van der Waals surface area contributed by atoms with Crippen LogP contribution < -0.4 is 10.2 Å². The van der Waals surface area contributed by atoms with Crippen LogP contribution in [0.5, 0.6) is 0 Å². The highest BCUT2D eigenvalue weighted by atomic mass is 16.5. The van der Waals surface area contributed by atoms with E-state index in [0.29, 0.717) is 19.3 Å². The number of rotatable bonds is 44. The average molecular weight is 764 g/mol. The van der Waals surface area contributed by atoms with Crippen molar-refractivity contribution < 1.29 is 24.0 Å². The first kappa shape index (κ1) is 52.6. The average Bonchev–Trinajstić information content (AvgIpc) is 3.15. The fourth-order valence-electron chi connectivity index (χ4n) is 7.51. The second kappa shape index (κ2) is 42.7. The monoisotopic (exact) mass is 764 g/mol. The van der Waals surface area contributed by atoms with Gasteiger partial charge in [0.25, 0.3) is 0 Å². The number of carbonyl (C=O) groups excluding carboxylic acids is 3. The quantitative estimate of drug-likeness (QED) is 0.0478. The number of nitrogens with one attached hydrogen (secondary N) is 2. The molecule has 0 heterocycles. The minimum absolute atomic E-state index is 0.00254. The zero-order chi connectivity index (χ0) is 39.6. The molecular formula is C48H95N2O4+. The van der Waals surface area contributed by atoms with Gasteiger partial charge in [0.1, 0.15) is 12.6 Å². The van der Waals surface area contributed by atoms with Crippen LogP contribution in [0, 0.1) is 0 Å². The van der Waals surface area contributed by atoms with E-state index in [1.165, 1.54) is 178 Å². The smallest absolute Gasteiger partial charge is 0.305 e. The van der Waals surface area contributed by atoms with E-state index >= 15 is 0 Å². The van der Waals surface area contributed by atoms with Gasteiger partial charge in [0.05, 0.1) is 20.6 Å². The second-order valence-electron chi connectivity index (χ2n) is 17.1. The standard InChI is InChI=1S/C48H94N2O4/c1-5-7-9-11-13-15-17-19-21-23-24-26-28-30-32-34-36-40-46(51)45(49-47(52)41-38-39-43-50(3)4)44-54-48(53)42-37-35-33-31-29-27-25-22-20-18-16-14-12-10-8-6-2/h45H,5-44H2,1-4H3,(H,49,52)/p+1. The first-order chi connectivity index (χ1) is 26.4. The Balaban J connectivity index is 4.11. The maximum Gasteiger partial charge on any atom is 0.305 e. The molecule has 0 aromatic carbocycles. The van der Waals surface area contributed by atoms with Crippen molar-refractivity contribution in [2.24, 2.45) is 0 Å². The van der Waals surface area contributed by atoms with Gasteiger partial charge in [-0.15, -0.1) is 0 Å². The van der Waals surface area contributed by atoms with E-state index in [2.05, 4.69) is 33.3 Å². The summed E-state index contributed by atoms with van der Waals surface area (Å²) in [7, 11) is 4.23. The topological polar surface area (TPSA) is 76.9 Å². The molecule has 2 N–H and O–H groups in total. The molecule has 0 saturated carbocycles. The molecule has 0 saturated heterocycles. The lowest BCUT2D eigenvalue weighted by Crippen LogP contribution is -3.05. The molecule has 1 atom stereocenters. The molecule has 0 aromatic rings. The summed E-state index contributed by atoms with van der Waals surface area (Å²) in [6, 6.07) is -0.729. The Morgan fingerprint density at radius 1 is 0.426 bits per heavy atom. The number of unbranched alkanes of at least 4 members (excludes halogenated alkanes) is 32. The van der Waals surface area contributed by atoms with E-state index in [-0.39, 0.29) is 24.3 Å². The van der Waals surface area contributed by atoms with E-state index in [4.69, 9.17) is 4.74 Å². The highest BCUT2D eigenvalue weighted by Crippen LogP contribution is 2.16. The molecule has 0 aromatic heterocycles. The molecule has 320 valence electrons. The molecule has 0 rings (SSSR count). The van der Waals surface area contributed by atoms with Crippen LogP contribution in [0.1, 0.15) is 258 Å². The first-order valence-electron chi connectivity index (χ1n) is 24.2. The number of quaternary nitrogens is 1. The number of Topliss-reactive ketones (excluding diaryl/α,β-unsaturated/α-hetero) is 1. The van der Waals surface area contributed by atoms with Gasteiger partial charge in [-0.2, -0.15) is 0 Å². The fourth-order valence-corrected chi connectivity index (χ4v) is 7.51. The van der Waals surface area contributed by atoms with Gasteiger partial charge >= 0.3 is 5.97 Å². The Kier molecular flexibility index (Phi) is 41.6. The lowest BCUT2D eigenvalue weighted by Gasteiger charge is -2.18. The molecule has 1 amide bonds. The third kappa shape index (κ3) is 40.2. The number of amides is 1. The highest BCUT2D eigenvalue weighted by Gasteiger charge is 2.22. The molecule has 6 heteroatoms. The van der Waals surface area contributed by atoms with Gasteiger partial charge in [0.2, 0.25) is 5.91 Å². The predicted molar refractivity (Wildman–Crippen MR) is 232 cm³/mol. The van der Waals surface area contributed by atoms with E-state index in [1.54, 1.807) is 0 Å². The summed E-state index contributed by atoms with van der Waals surface area (Å²) in [6.07, 6.45) is 46.0. The number of esters is 1. The van der Waals surface area contributed by atoms with Gasteiger partial charge < -0.3 is 15.0 Å². The molecule has 0 fully saturated rings. The number of ketones is 1. The van der Waals surface area contributed by atoms with Crippen molar-refractivity contribution in [2.45, 2.75) is 264 Å². The van der Waals surface area contributed by atoms with Crippen molar-refractivity contribution in [3.05, 3.63) is 0 Å². The summed E-state index contributed by atoms with van der Waals surface area (Å²) in [5.74, 6) is -0.366. The van der Waals surface area contributed by atoms with E-state index in [0.717, 1.165) is 57.9 Å². The van der Waals surface area contributed by atoms with Crippen LogP contribution >= 0.6 is 0 Å². The van der Waals surface area contributed by atoms with E-state index in [1.807, 2.05) is 0 Å². The Morgan fingerprint density at radius 3 is 1.09 bits per heavy atom. The molecule has 1 unspecified atom stereocenters. The summed E-state index contributed by atoms with van der Waals surface area (Å²) >= 11 is 0. The predicted octanol–water partition coefficient (Wildman–Crippen LogP) is 12.6. The summed E-state index contributed by atoms with van der Waals surface area (Å²) < 4.78 is 5.57. The van der Waals surface area contributed by atoms with Gasteiger partial charge in [-0.3, -0.25) is 14.4 Å². The summed E-state index contributed by atoms with van der Waals surface area (Å²) in [6.45, 7) is 5.54. The van der Waals surface area contributed by atoms with Gasteiger partial charge in [-0.1, -0.05) is 213 Å². The molecule has 54 heavy (non-hydrogen) atoms. The van der Waals surface area contributed by atoms with Crippen LogP contribution in [0.2, 0.25) is 0 Å². The maximum absolute atomic E-state index is 13.2. The van der Waals surface area contributed by atoms with Crippen molar-refractivity contribution in [3.8, 4) is 0 Å². The normalized spacial score (nSPS) is 12.0. The van der Waals surface area contributed by atoms with Gasteiger partial charge in [0, 0.05) is 19.3 Å². The van der Waals surface area contributed by atoms with Crippen molar-refractivity contribution in [1.82, 2.24) is 5.32 Å². The fraction of sp³-hybridized carbons (Fsp3) is 0.938. The minimum atomic E-state index is -0.729. The van der Waals surface area contributed by atoms with Crippen molar-refractivity contribution in [3.63, 3.8) is 0 Å². The first-order valence-corrected chi connectivity index (χ1v) is 24.2. The number of carbonyl (C=O) groups is 3. The van der Waals surface area contributed by atoms with Crippen LogP contribution in [0.15, 0.2) is 0 Å². The molecule has 6 nitrogen and oxygen atoms in total. The van der Waals surface area contributed by atoms with Gasteiger partial charge in [-0.25, -0.2) is 0 Å².